The van der Waals surface area contributed by atoms with E-state index in [1.807, 2.05) is 48.5 Å². The smallest absolute Gasteiger partial charge is 0.119 e. The zero-order valence-electron chi connectivity index (χ0n) is 13.0. The molecule has 0 fully saturated rings. The average molecular weight is 315 g/mol. The van der Waals surface area contributed by atoms with Crippen LogP contribution in [0.3, 0.4) is 0 Å². The summed E-state index contributed by atoms with van der Waals surface area (Å²) in [6.07, 6.45) is 1.00. The summed E-state index contributed by atoms with van der Waals surface area (Å²) >= 11 is 5.42. The molecule has 0 amide bonds. The molecule has 0 bridgehead atoms. The Morgan fingerprint density at radius 2 is 1.64 bits per heavy atom. The van der Waals surface area contributed by atoms with Crippen LogP contribution in [0.25, 0.3) is 0 Å². The van der Waals surface area contributed by atoms with E-state index in [1.165, 1.54) is 0 Å². The number of methoxy groups -OCH3 is 1. The normalized spacial score (nSPS) is 10.1. The van der Waals surface area contributed by atoms with E-state index in [-0.39, 0.29) is 0 Å². The van der Waals surface area contributed by atoms with Crippen LogP contribution in [-0.4, -0.2) is 18.7 Å². The zero-order valence-corrected chi connectivity index (χ0v) is 13.8. The molecule has 1 N–H and O–H groups in total. The molecule has 2 rings (SSSR count). The second-order valence-electron chi connectivity index (χ2n) is 4.90. The molecule has 0 saturated carbocycles. The lowest BCUT2D eigenvalue weighted by Crippen LogP contribution is -2.21. The number of hydrogen-bond donors (Lipinski definition) is 1. The van der Waals surface area contributed by atoms with Gasteiger partial charge in [0, 0.05) is 12.1 Å². The fraction of sp³-hybridized carbons (Fsp3) is 0.278. The van der Waals surface area contributed by atoms with Gasteiger partial charge in [-0.25, -0.2) is 0 Å². The lowest BCUT2D eigenvalue weighted by atomic mass is 10.2. The number of ether oxygens (including phenoxy) is 2. The molecule has 0 saturated heterocycles. The van der Waals surface area contributed by atoms with Crippen LogP contribution in [0.4, 0.5) is 0 Å². The molecule has 0 unspecified atom stereocenters. The van der Waals surface area contributed by atoms with Crippen LogP contribution >= 0.6 is 12.2 Å². The minimum atomic E-state index is 0.691. The van der Waals surface area contributed by atoms with Gasteiger partial charge in [-0.2, -0.15) is 0 Å². The molecule has 3 nitrogen and oxygen atoms in total. The van der Waals surface area contributed by atoms with Gasteiger partial charge in [0.25, 0.3) is 0 Å². The van der Waals surface area contributed by atoms with Gasteiger partial charge in [-0.05, 0) is 48.4 Å². The zero-order chi connectivity index (χ0) is 15.8. The summed E-state index contributed by atoms with van der Waals surface area (Å²) in [7, 11) is 1.66. The first-order valence-electron chi connectivity index (χ1n) is 7.37. The SMILES string of the molecule is CCCOc1ccc(C(=S)NCc2ccc(OC)cc2)cc1. The highest BCUT2D eigenvalue weighted by Gasteiger charge is 2.02. The standard InChI is InChI=1S/C18H21NO2S/c1-3-12-21-17-10-6-15(7-11-17)18(22)19-13-14-4-8-16(20-2)9-5-14/h4-11H,3,12-13H2,1-2H3,(H,19,22). The monoisotopic (exact) mass is 315 g/mol. The first-order valence-corrected chi connectivity index (χ1v) is 7.77. The van der Waals surface area contributed by atoms with E-state index in [9.17, 15) is 0 Å². The average Bonchev–Trinajstić information content (AvgIpc) is 2.58. The highest BCUT2D eigenvalue weighted by molar-refractivity contribution is 7.80. The van der Waals surface area contributed by atoms with E-state index in [1.54, 1.807) is 7.11 Å². The molecular weight excluding hydrogens is 294 g/mol. The molecule has 0 heterocycles. The molecule has 22 heavy (non-hydrogen) atoms. The van der Waals surface area contributed by atoms with E-state index in [4.69, 9.17) is 21.7 Å². The summed E-state index contributed by atoms with van der Waals surface area (Å²) in [5, 5.41) is 3.27. The third-order valence-electron chi connectivity index (χ3n) is 3.20. The van der Waals surface area contributed by atoms with Gasteiger partial charge >= 0.3 is 0 Å². The van der Waals surface area contributed by atoms with Crippen molar-refractivity contribution in [2.45, 2.75) is 19.9 Å². The van der Waals surface area contributed by atoms with Crippen molar-refractivity contribution in [3.63, 3.8) is 0 Å². The molecule has 2 aromatic rings. The van der Waals surface area contributed by atoms with Crippen LogP contribution in [0.5, 0.6) is 11.5 Å². The Hall–Kier alpha value is -2.07. The minimum absolute atomic E-state index is 0.691. The number of nitrogens with one attached hydrogen (secondary N) is 1. The van der Waals surface area contributed by atoms with Crippen LogP contribution in [0.1, 0.15) is 24.5 Å². The maximum Gasteiger partial charge on any atom is 0.119 e. The number of hydrogen-bond acceptors (Lipinski definition) is 3. The summed E-state index contributed by atoms with van der Waals surface area (Å²) in [5.74, 6) is 1.73. The van der Waals surface area contributed by atoms with Gasteiger partial charge in [0.1, 0.15) is 16.5 Å². The van der Waals surface area contributed by atoms with Gasteiger partial charge in [-0.15, -0.1) is 0 Å². The van der Waals surface area contributed by atoms with Crippen molar-refractivity contribution in [2.24, 2.45) is 0 Å². The molecule has 0 aliphatic heterocycles. The Morgan fingerprint density at radius 1 is 1.00 bits per heavy atom. The largest absolute Gasteiger partial charge is 0.497 e. The van der Waals surface area contributed by atoms with E-state index >= 15 is 0 Å². The van der Waals surface area contributed by atoms with Crippen molar-refractivity contribution in [1.29, 1.82) is 0 Å². The van der Waals surface area contributed by atoms with E-state index < -0.39 is 0 Å². The molecule has 0 aliphatic carbocycles. The Kier molecular flexibility index (Phi) is 6.22. The Balaban J connectivity index is 1.88. The summed E-state index contributed by atoms with van der Waals surface area (Å²) in [6, 6.07) is 15.8. The first kappa shape index (κ1) is 16.3. The predicted octanol–water partition coefficient (Wildman–Crippen LogP) is 3.95. The third-order valence-corrected chi connectivity index (χ3v) is 3.58. The van der Waals surface area contributed by atoms with E-state index in [0.29, 0.717) is 6.54 Å². The first-order chi connectivity index (χ1) is 10.7. The van der Waals surface area contributed by atoms with Crippen LogP contribution in [0, 0.1) is 0 Å². The minimum Gasteiger partial charge on any atom is -0.497 e. The molecule has 0 radical (unpaired) electrons. The van der Waals surface area contributed by atoms with Crippen molar-refractivity contribution in [2.75, 3.05) is 13.7 Å². The molecule has 0 aromatic heterocycles. The molecule has 0 aliphatic rings. The summed E-state index contributed by atoms with van der Waals surface area (Å²) < 4.78 is 10.7. The van der Waals surface area contributed by atoms with Crippen molar-refractivity contribution >= 4 is 17.2 Å². The van der Waals surface area contributed by atoms with Crippen LogP contribution in [-0.2, 0) is 6.54 Å². The van der Waals surface area contributed by atoms with E-state index in [2.05, 4.69) is 12.2 Å². The summed E-state index contributed by atoms with van der Waals surface area (Å²) in [5.41, 5.74) is 2.15. The van der Waals surface area contributed by atoms with Crippen LogP contribution < -0.4 is 14.8 Å². The third kappa shape index (κ3) is 4.74. The maximum atomic E-state index is 5.57. The van der Waals surface area contributed by atoms with Gasteiger partial charge in [-0.1, -0.05) is 31.3 Å². The lowest BCUT2D eigenvalue weighted by Gasteiger charge is -2.10. The highest BCUT2D eigenvalue weighted by atomic mass is 32.1. The second kappa shape index (κ2) is 8.39. The molecule has 4 heteroatoms. The van der Waals surface area contributed by atoms with Crippen LogP contribution in [0.2, 0.25) is 0 Å². The quantitative estimate of drug-likeness (QED) is 0.784. The number of thiocarbonyl (C=S) groups is 1. The highest BCUT2D eigenvalue weighted by Crippen LogP contribution is 2.14. The lowest BCUT2D eigenvalue weighted by molar-refractivity contribution is 0.317. The van der Waals surface area contributed by atoms with Crippen LogP contribution in [0.15, 0.2) is 48.5 Å². The van der Waals surface area contributed by atoms with Gasteiger partial charge < -0.3 is 14.8 Å². The number of rotatable bonds is 7. The summed E-state index contributed by atoms with van der Waals surface area (Å²) in [4.78, 5) is 0.734. The van der Waals surface area contributed by atoms with Gasteiger partial charge in [0.15, 0.2) is 0 Å². The Morgan fingerprint density at radius 3 is 2.23 bits per heavy atom. The molecule has 2 aromatic carbocycles. The van der Waals surface area contributed by atoms with Crippen molar-refractivity contribution < 1.29 is 9.47 Å². The topological polar surface area (TPSA) is 30.5 Å². The summed E-state index contributed by atoms with van der Waals surface area (Å²) in [6.45, 7) is 3.52. The Labute approximate surface area is 137 Å². The fourth-order valence-electron chi connectivity index (χ4n) is 1.95. The molecule has 0 atom stereocenters. The Bertz CT molecular complexity index is 593. The van der Waals surface area contributed by atoms with Gasteiger partial charge in [-0.3, -0.25) is 0 Å². The predicted molar refractivity (Wildman–Crippen MR) is 93.8 cm³/mol. The molecular formula is C18H21NO2S. The van der Waals surface area contributed by atoms with Gasteiger partial charge in [0.05, 0.1) is 13.7 Å². The van der Waals surface area contributed by atoms with Crippen molar-refractivity contribution in [3.8, 4) is 11.5 Å². The van der Waals surface area contributed by atoms with Gasteiger partial charge in [0.2, 0.25) is 0 Å². The molecule has 0 spiro atoms. The molecule has 116 valence electrons. The van der Waals surface area contributed by atoms with Crippen molar-refractivity contribution in [3.05, 3.63) is 59.7 Å². The van der Waals surface area contributed by atoms with E-state index in [0.717, 1.165) is 40.6 Å². The number of benzene rings is 2. The van der Waals surface area contributed by atoms with Crippen molar-refractivity contribution in [1.82, 2.24) is 5.32 Å². The maximum absolute atomic E-state index is 5.57. The fourth-order valence-corrected chi connectivity index (χ4v) is 2.16. The second-order valence-corrected chi connectivity index (χ2v) is 5.31.